The summed E-state index contributed by atoms with van der Waals surface area (Å²) in [6, 6.07) is 12.4. The van der Waals surface area contributed by atoms with Crippen LogP contribution in [0.25, 0.3) is 16.6 Å². The Bertz CT molecular complexity index is 1150. The van der Waals surface area contributed by atoms with E-state index < -0.39 is 11.6 Å². The van der Waals surface area contributed by atoms with Crippen LogP contribution in [-0.2, 0) is 0 Å². The lowest BCUT2D eigenvalue weighted by atomic mass is 10.1. The van der Waals surface area contributed by atoms with E-state index in [-0.39, 0.29) is 17.2 Å². The van der Waals surface area contributed by atoms with Crippen molar-refractivity contribution in [2.75, 3.05) is 11.9 Å². The molecule has 0 bridgehead atoms. The van der Waals surface area contributed by atoms with E-state index >= 15 is 0 Å². The molecule has 4 aromatic rings. The number of benzene rings is 2. The monoisotopic (exact) mass is 364 g/mol. The molecule has 7 heteroatoms. The zero-order valence-corrected chi connectivity index (χ0v) is 14.3. The number of hydrogen-bond donors (Lipinski definition) is 0. The second-order valence-corrected chi connectivity index (χ2v) is 5.98. The number of hydrogen-bond acceptors (Lipinski definition) is 3. The van der Waals surface area contributed by atoms with Gasteiger partial charge in [-0.3, -0.25) is 9.78 Å². The van der Waals surface area contributed by atoms with E-state index in [1.807, 2.05) is 24.3 Å². The Labute approximate surface area is 153 Å². The lowest BCUT2D eigenvalue weighted by molar-refractivity contribution is 0.0993. The Balaban J connectivity index is 1.68. The lowest BCUT2D eigenvalue weighted by Crippen LogP contribution is -2.26. The highest BCUT2D eigenvalue weighted by atomic mass is 19.1. The van der Waals surface area contributed by atoms with Gasteiger partial charge < -0.3 is 4.90 Å². The van der Waals surface area contributed by atoms with Crippen LogP contribution in [0, 0.1) is 11.6 Å². The summed E-state index contributed by atoms with van der Waals surface area (Å²) < 4.78 is 28.2. The van der Waals surface area contributed by atoms with Crippen molar-refractivity contribution in [2.45, 2.75) is 0 Å². The van der Waals surface area contributed by atoms with Crippen molar-refractivity contribution in [2.24, 2.45) is 0 Å². The molecule has 1 amide bonds. The van der Waals surface area contributed by atoms with Gasteiger partial charge in [0.2, 0.25) is 0 Å². The Morgan fingerprint density at radius 2 is 1.96 bits per heavy atom. The van der Waals surface area contributed by atoms with E-state index in [9.17, 15) is 13.6 Å². The van der Waals surface area contributed by atoms with Gasteiger partial charge in [-0.25, -0.2) is 13.5 Å². The van der Waals surface area contributed by atoms with Crippen LogP contribution in [0.3, 0.4) is 0 Å². The first-order valence-electron chi connectivity index (χ1n) is 8.16. The molecule has 27 heavy (non-hydrogen) atoms. The number of carbonyl (C=O) groups is 1. The van der Waals surface area contributed by atoms with Crippen LogP contribution in [0.5, 0.6) is 0 Å². The second kappa shape index (κ2) is 6.60. The molecule has 0 aliphatic carbocycles. The number of carbonyl (C=O) groups excluding carboxylic acids is 1. The van der Waals surface area contributed by atoms with Crippen molar-refractivity contribution in [1.82, 2.24) is 14.8 Å². The predicted molar refractivity (Wildman–Crippen MR) is 98.0 cm³/mol. The molecule has 5 nitrogen and oxygen atoms in total. The highest BCUT2D eigenvalue weighted by molar-refractivity contribution is 6.09. The van der Waals surface area contributed by atoms with Crippen LogP contribution in [0.2, 0.25) is 0 Å². The van der Waals surface area contributed by atoms with Crippen LogP contribution < -0.4 is 4.90 Å². The van der Waals surface area contributed by atoms with Gasteiger partial charge in [0, 0.05) is 30.9 Å². The van der Waals surface area contributed by atoms with Crippen molar-refractivity contribution < 1.29 is 13.6 Å². The molecular formula is C20H14F2N4O. The van der Waals surface area contributed by atoms with Crippen molar-refractivity contribution in [1.29, 1.82) is 0 Å². The van der Waals surface area contributed by atoms with Gasteiger partial charge >= 0.3 is 0 Å². The van der Waals surface area contributed by atoms with Crippen molar-refractivity contribution in [3.63, 3.8) is 0 Å². The van der Waals surface area contributed by atoms with Crippen molar-refractivity contribution in [3.8, 4) is 5.69 Å². The number of rotatable bonds is 3. The lowest BCUT2D eigenvalue weighted by Gasteiger charge is -2.18. The molecular weight excluding hydrogens is 350 g/mol. The third kappa shape index (κ3) is 3.03. The molecule has 2 aromatic carbocycles. The molecule has 0 fully saturated rings. The second-order valence-electron chi connectivity index (χ2n) is 5.98. The maximum absolute atomic E-state index is 13.9. The molecule has 4 rings (SSSR count). The van der Waals surface area contributed by atoms with Crippen LogP contribution in [0.15, 0.2) is 67.1 Å². The average Bonchev–Trinajstić information content (AvgIpc) is 3.16. The van der Waals surface area contributed by atoms with Gasteiger partial charge in [0.25, 0.3) is 5.91 Å². The van der Waals surface area contributed by atoms with Crippen LogP contribution >= 0.6 is 0 Å². The van der Waals surface area contributed by atoms with Gasteiger partial charge in [0.15, 0.2) is 5.82 Å². The summed E-state index contributed by atoms with van der Waals surface area (Å²) in [6.07, 6.45) is 4.46. The van der Waals surface area contributed by atoms with Crippen LogP contribution in [-0.4, -0.2) is 27.7 Å². The number of nitrogens with zero attached hydrogens (tertiary/aromatic N) is 4. The Morgan fingerprint density at radius 3 is 2.78 bits per heavy atom. The Hall–Kier alpha value is -3.61. The van der Waals surface area contributed by atoms with Gasteiger partial charge in [0.1, 0.15) is 11.5 Å². The fourth-order valence-corrected chi connectivity index (χ4v) is 2.91. The normalized spacial score (nSPS) is 10.9. The summed E-state index contributed by atoms with van der Waals surface area (Å²) in [5.74, 6) is -1.74. The molecule has 0 aliphatic rings. The largest absolute Gasteiger partial charge is 0.311 e. The third-order valence-electron chi connectivity index (χ3n) is 4.27. The predicted octanol–water partition coefficient (Wildman–Crippen LogP) is 3.98. The summed E-state index contributed by atoms with van der Waals surface area (Å²) in [4.78, 5) is 18.7. The molecule has 2 heterocycles. The molecule has 0 aliphatic heterocycles. The number of pyridine rings is 1. The summed E-state index contributed by atoms with van der Waals surface area (Å²) in [5, 5.41) is 4.87. The number of fused-ring (bicyclic) bond motifs is 1. The molecule has 0 spiro atoms. The highest BCUT2D eigenvalue weighted by Gasteiger charge is 2.18. The van der Waals surface area contributed by atoms with Gasteiger partial charge in [-0.15, -0.1) is 0 Å². The number of aromatic nitrogens is 3. The average molecular weight is 364 g/mol. The minimum atomic E-state index is -0.759. The van der Waals surface area contributed by atoms with E-state index in [0.29, 0.717) is 5.69 Å². The Morgan fingerprint density at radius 1 is 1.11 bits per heavy atom. The molecule has 0 unspecified atom stereocenters. The molecule has 0 radical (unpaired) electrons. The molecule has 0 atom stereocenters. The van der Waals surface area contributed by atoms with Gasteiger partial charge in [-0.1, -0.05) is 6.07 Å². The van der Waals surface area contributed by atoms with E-state index in [2.05, 4.69) is 10.1 Å². The minimum Gasteiger partial charge on any atom is -0.311 e. The summed E-state index contributed by atoms with van der Waals surface area (Å²) in [6.45, 7) is 0. The van der Waals surface area contributed by atoms with E-state index in [1.54, 1.807) is 19.3 Å². The van der Waals surface area contributed by atoms with E-state index in [0.717, 1.165) is 23.0 Å². The Kier molecular flexibility index (Phi) is 4.12. The maximum atomic E-state index is 13.9. The molecule has 0 saturated carbocycles. The number of anilines is 1. The van der Waals surface area contributed by atoms with Crippen LogP contribution in [0.1, 0.15) is 10.4 Å². The minimum absolute atomic E-state index is 0.0625. The smallest absolute Gasteiger partial charge is 0.261 e. The zero-order valence-electron chi connectivity index (χ0n) is 14.3. The topological polar surface area (TPSA) is 51.0 Å². The number of amides is 1. The van der Waals surface area contributed by atoms with E-state index in [1.165, 1.54) is 28.0 Å². The summed E-state index contributed by atoms with van der Waals surface area (Å²) in [5.41, 5.74) is 1.82. The standard InChI is InChI=1S/C20H14F2N4O/c1-25(18-6-2-5-17-15(18)4-3-9-23-17)20(27)13-11-24-26(12-13)19-8-7-14(21)10-16(19)22/h2-12H,1H3. The van der Waals surface area contributed by atoms with Crippen molar-refractivity contribution >= 4 is 22.5 Å². The highest BCUT2D eigenvalue weighted by Crippen LogP contribution is 2.26. The number of halogens is 2. The first-order valence-corrected chi connectivity index (χ1v) is 8.16. The van der Waals surface area contributed by atoms with E-state index in [4.69, 9.17) is 0 Å². The van der Waals surface area contributed by atoms with Crippen molar-refractivity contribution in [3.05, 3.63) is 84.3 Å². The SMILES string of the molecule is CN(C(=O)c1cnn(-c2ccc(F)cc2F)c1)c1cccc2ncccc12. The quantitative estimate of drug-likeness (QED) is 0.553. The zero-order chi connectivity index (χ0) is 19.0. The molecule has 2 aromatic heterocycles. The molecule has 0 N–H and O–H groups in total. The maximum Gasteiger partial charge on any atom is 0.261 e. The van der Waals surface area contributed by atoms with Gasteiger partial charge in [0.05, 0.1) is 23.0 Å². The first kappa shape index (κ1) is 16.8. The molecule has 134 valence electrons. The fraction of sp³-hybridized carbons (Fsp3) is 0.0500. The summed E-state index contributed by atoms with van der Waals surface area (Å²) in [7, 11) is 1.65. The first-order chi connectivity index (χ1) is 13.0. The third-order valence-corrected chi connectivity index (χ3v) is 4.27. The fourth-order valence-electron chi connectivity index (χ4n) is 2.91. The molecule has 0 saturated heterocycles. The van der Waals surface area contributed by atoms with Crippen LogP contribution in [0.4, 0.5) is 14.5 Å². The van der Waals surface area contributed by atoms with Gasteiger partial charge in [-0.2, -0.15) is 5.10 Å². The van der Waals surface area contributed by atoms with Gasteiger partial charge in [-0.05, 0) is 36.4 Å². The summed E-state index contributed by atoms with van der Waals surface area (Å²) >= 11 is 0.